The van der Waals surface area contributed by atoms with Crippen molar-refractivity contribution in [2.24, 2.45) is 11.3 Å². The van der Waals surface area contributed by atoms with E-state index in [4.69, 9.17) is 9.47 Å². The maximum atomic E-state index is 14.3. The van der Waals surface area contributed by atoms with Gasteiger partial charge in [0.1, 0.15) is 17.9 Å². The third-order valence-corrected chi connectivity index (χ3v) is 8.69. The van der Waals surface area contributed by atoms with Gasteiger partial charge in [-0.05, 0) is 77.7 Å². The normalized spacial score (nSPS) is 18.3. The van der Waals surface area contributed by atoms with Crippen molar-refractivity contribution in [3.63, 3.8) is 0 Å². The molecule has 3 heterocycles. The van der Waals surface area contributed by atoms with Crippen LogP contribution >= 0.6 is 0 Å². The van der Waals surface area contributed by atoms with Crippen LogP contribution in [0.2, 0.25) is 0 Å². The molecule has 1 spiro atoms. The Balaban J connectivity index is 1.44. The van der Waals surface area contributed by atoms with E-state index in [0.717, 1.165) is 58.5 Å². The van der Waals surface area contributed by atoms with Gasteiger partial charge in [-0.25, -0.2) is 9.37 Å². The molecule has 0 radical (unpaired) electrons. The lowest BCUT2D eigenvalue weighted by molar-refractivity contribution is -0.0345. The van der Waals surface area contributed by atoms with Crippen LogP contribution in [-0.2, 0) is 4.74 Å². The van der Waals surface area contributed by atoms with Crippen LogP contribution < -0.4 is 9.64 Å². The summed E-state index contributed by atoms with van der Waals surface area (Å²) in [6, 6.07) is 3.27. The second-order valence-electron chi connectivity index (χ2n) is 12.6. The van der Waals surface area contributed by atoms with E-state index in [0.29, 0.717) is 19.0 Å². The smallest absolute Gasteiger partial charge is 0.282 e. The molecular formula is C32H50FN7O3. The van der Waals surface area contributed by atoms with Crippen LogP contribution in [0.15, 0.2) is 24.5 Å². The lowest BCUT2D eigenvalue weighted by atomic mass is 9.76. The van der Waals surface area contributed by atoms with E-state index in [9.17, 15) is 10.6 Å². The summed E-state index contributed by atoms with van der Waals surface area (Å²) in [6.45, 7) is 16.3. The lowest BCUT2D eigenvalue weighted by Crippen LogP contribution is -2.62. The maximum Gasteiger partial charge on any atom is 0.282 e. The number of carbonyl (C=O) groups is 1. The van der Waals surface area contributed by atoms with Crippen LogP contribution in [-0.4, -0.2) is 114 Å². The van der Waals surface area contributed by atoms with Crippen molar-refractivity contribution in [3.8, 4) is 11.6 Å². The van der Waals surface area contributed by atoms with Crippen molar-refractivity contribution < 1.29 is 20.0 Å². The number of likely N-dealkylation sites (N-methyl/N-ethyl adjacent to an activating group) is 1. The number of ether oxygens (including phenoxy) is 2. The largest absolute Gasteiger partial charge is 0.434 e. The predicted molar refractivity (Wildman–Crippen MR) is 166 cm³/mol. The third kappa shape index (κ3) is 7.99. The van der Waals surface area contributed by atoms with Crippen LogP contribution in [0.5, 0.6) is 11.6 Å². The summed E-state index contributed by atoms with van der Waals surface area (Å²) >= 11 is 0. The van der Waals surface area contributed by atoms with Crippen LogP contribution in [0.1, 0.15) is 65.6 Å². The van der Waals surface area contributed by atoms with Gasteiger partial charge < -0.3 is 24.2 Å². The highest BCUT2D eigenvalue weighted by atomic mass is 19.1. The van der Waals surface area contributed by atoms with Gasteiger partial charge in [0.05, 0.1) is 12.2 Å². The molecule has 1 atom stereocenters. The van der Waals surface area contributed by atoms with Crippen molar-refractivity contribution in [1.29, 1.82) is 0 Å². The van der Waals surface area contributed by atoms with Crippen LogP contribution in [0, 0.1) is 17.2 Å². The Hall–Kier alpha value is -2.89. The summed E-state index contributed by atoms with van der Waals surface area (Å²) in [4.78, 5) is 26.3. The van der Waals surface area contributed by atoms with Crippen molar-refractivity contribution in [3.05, 3.63) is 35.9 Å². The zero-order chi connectivity index (χ0) is 32.1. The molecule has 1 aromatic heterocycles. The van der Waals surface area contributed by atoms with Gasteiger partial charge in [-0.15, -0.1) is 10.2 Å². The molecular weight excluding hydrogens is 549 g/mol. The van der Waals surface area contributed by atoms with E-state index in [1.165, 1.54) is 24.5 Å². The van der Waals surface area contributed by atoms with Gasteiger partial charge >= 0.3 is 0 Å². The number of halogens is 1. The van der Waals surface area contributed by atoms with Gasteiger partial charge in [-0.2, -0.15) is 0 Å². The fraction of sp³-hybridized carbons (Fsp3) is 0.688. The van der Waals surface area contributed by atoms with E-state index in [1.54, 1.807) is 12.0 Å². The molecule has 1 aromatic carbocycles. The average Bonchev–Trinajstić information content (AvgIpc) is 3.42. The Morgan fingerprint density at radius 2 is 1.98 bits per heavy atom. The van der Waals surface area contributed by atoms with Crippen LogP contribution in [0.4, 0.5) is 10.2 Å². The molecule has 0 bridgehead atoms. The Kier molecular flexibility index (Phi) is 10.8. The van der Waals surface area contributed by atoms with Crippen LogP contribution in [0.25, 0.3) is 0 Å². The van der Waals surface area contributed by atoms with Crippen molar-refractivity contribution in [1.82, 2.24) is 29.9 Å². The van der Waals surface area contributed by atoms with E-state index in [1.807, 2.05) is 20.8 Å². The van der Waals surface area contributed by atoms with Gasteiger partial charge in [0.2, 0.25) is 0 Å². The van der Waals surface area contributed by atoms with E-state index < -0.39 is 11.8 Å². The number of rotatable bonds is 15. The number of methoxy groups -OCH3 is 1. The summed E-state index contributed by atoms with van der Waals surface area (Å²) in [5, 5.41) is 8.18. The minimum absolute atomic E-state index is 0.0550. The van der Waals surface area contributed by atoms with E-state index in [-0.39, 0.29) is 40.5 Å². The van der Waals surface area contributed by atoms with Crippen molar-refractivity contribution in [2.75, 3.05) is 71.5 Å². The molecule has 2 aliphatic rings. The first-order valence-electron chi connectivity index (χ1n) is 16.1. The number of carbonyl (C=O) groups excluding carboxylic acids is 1. The first-order chi connectivity index (χ1) is 20.9. The summed E-state index contributed by atoms with van der Waals surface area (Å²) in [5.41, 5.74) is 0.198. The number of benzene rings is 1. The summed E-state index contributed by atoms with van der Waals surface area (Å²) in [6.07, 6.45) is 4.15. The Morgan fingerprint density at radius 1 is 1.21 bits per heavy atom. The predicted octanol–water partition coefficient (Wildman–Crippen LogP) is 4.57. The number of anilines is 1. The van der Waals surface area contributed by atoms with E-state index in [2.05, 4.69) is 50.8 Å². The monoisotopic (exact) mass is 600 g/mol. The lowest BCUT2D eigenvalue weighted by Gasteiger charge is -2.53. The van der Waals surface area contributed by atoms with E-state index >= 15 is 0 Å². The molecule has 2 saturated heterocycles. The van der Waals surface area contributed by atoms with Gasteiger partial charge in [0.25, 0.3) is 11.8 Å². The SMILES string of the molecule is [2H]C(CCCN(C)CCOC)(C(C)C)N1CC2(CCN(c3ncnnc3Oc3ccc(F)cc3C(=O)N(CC)C(C)C)C2)C1. The highest BCUT2D eigenvalue weighted by Gasteiger charge is 2.50. The second-order valence-corrected chi connectivity index (χ2v) is 12.6. The molecule has 4 rings (SSSR count). The Morgan fingerprint density at radius 3 is 2.65 bits per heavy atom. The van der Waals surface area contributed by atoms with Gasteiger partial charge in [-0.1, -0.05) is 13.8 Å². The van der Waals surface area contributed by atoms with Gasteiger partial charge in [-0.3, -0.25) is 9.69 Å². The molecule has 0 aliphatic carbocycles. The number of hydrogen-bond acceptors (Lipinski definition) is 9. The van der Waals surface area contributed by atoms with Crippen molar-refractivity contribution in [2.45, 2.75) is 65.9 Å². The summed E-state index contributed by atoms with van der Waals surface area (Å²) < 4.78 is 35.1. The average molecular weight is 601 g/mol. The summed E-state index contributed by atoms with van der Waals surface area (Å²) in [5.74, 6) is 0.332. The standard InChI is InChI=1S/C32H50FN7O3/c1-8-40(24(4)5)31(41)26-18-25(33)11-12-28(26)43-30-29(34-22-35-36-30)38-15-13-32(19-38)20-39(21-32)27(23(2)3)10-9-14-37(6)16-17-42-7/h11-12,18,22-24,27H,8-10,13-17,19-21H2,1-7H3/i27D. The minimum atomic E-state index is -0.612. The van der Waals surface area contributed by atoms with Gasteiger partial charge in [0, 0.05) is 65.2 Å². The van der Waals surface area contributed by atoms with Crippen LogP contribution in [0.3, 0.4) is 0 Å². The molecule has 10 nitrogen and oxygen atoms in total. The zero-order valence-corrected chi connectivity index (χ0v) is 27.0. The molecule has 2 aliphatic heterocycles. The number of amides is 1. The Bertz CT molecular complexity index is 1260. The summed E-state index contributed by atoms with van der Waals surface area (Å²) in [7, 11) is 3.82. The second kappa shape index (κ2) is 14.7. The number of likely N-dealkylation sites (tertiary alicyclic amines) is 1. The van der Waals surface area contributed by atoms with Crippen molar-refractivity contribution >= 4 is 11.7 Å². The molecule has 43 heavy (non-hydrogen) atoms. The Labute approximate surface area is 257 Å². The molecule has 0 N–H and O–H groups in total. The molecule has 1 amide bonds. The molecule has 238 valence electrons. The molecule has 1 unspecified atom stereocenters. The minimum Gasteiger partial charge on any atom is -0.434 e. The molecule has 2 fully saturated rings. The molecule has 2 aromatic rings. The van der Waals surface area contributed by atoms with Gasteiger partial charge in [0.15, 0.2) is 5.82 Å². The number of hydrogen-bond donors (Lipinski definition) is 0. The number of nitrogens with zero attached hydrogens (tertiary/aromatic N) is 7. The highest BCUT2D eigenvalue weighted by Crippen LogP contribution is 2.44. The highest BCUT2D eigenvalue weighted by molar-refractivity contribution is 5.97. The molecule has 11 heteroatoms. The number of aromatic nitrogens is 3. The quantitative estimate of drug-likeness (QED) is 0.292. The fourth-order valence-electron chi connectivity index (χ4n) is 6.34. The maximum absolute atomic E-state index is 14.3. The third-order valence-electron chi connectivity index (χ3n) is 8.69. The first-order valence-corrected chi connectivity index (χ1v) is 15.6. The fourth-order valence-corrected chi connectivity index (χ4v) is 6.34. The zero-order valence-electron chi connectivity index (χ0n) is 28.0. The topological polar surface area (TPSA) is 87.2 Å². The first kappa shape index (κ1) is 31.5. The molecule has 0 saturated carbocycles.